The van der Waals surface area contributed by atoms with Crippen LogP contribution < -0.4 is 4.72 Å². The van der Waals surface area contributed by atoms with Crippen molar-refractivity contribution in [2.24, 2.45) is 5.92 Å². The molecule has 0 aromatic carbocycles. The van der Waals surface area contributed by atoms with Crippen LogP contribution in [0.5, 0.6) is 0 Å². The van der Waals surface area contributed by atoms with Crippen molar-refractivity contribution in [1.82, 2.24) is 4.72 Å². The quantitative estimate of drug-likeness (QED) is 0.812. The summed E-state index contributed by atoms with van der Waals surface area (Å²) in [7, 11) is -3.61. The zero-order valence-electron chi connectivity index (χ0n) is 11.8. The molecule has 1 saturated carbocycles. The molecule has 2 fully saturated rings. The first-order chi connectivity index (χ1) is 9.36. The number of aliphatic carboxylic acids is 1. The van der Waals surface area contributed by atoms with Crippen LogP contribution in [-0.4, -0.2) is 43.5 Å². The Bertz CT molecular complexity index is 447. The van der Waals surface area contributed by atoms with E-state index >= 15 is 0 Å². The second kappa shape index (κ2) is 5.99. The van der Waals surface area contributed by atoms with Crippen molar-refractivity contribution < 1.29 is 23.1 Å². The number of hydrogen-bond acceptors (Lipinski definition) is 4. The first-order valence-electron chi connectivity index (χ1n) is 7.20. The van der Waals surface area contributed by atoms with E-state index in [0.717, 1.165) is 12.8 Å². The van der Waals surface area contributed by atoms with Crippen molar-refractivity contribution in [2.45, 2.75) is 56.2 Å². The van der Waals surface area contributed by atoms with E-state index in [9.17, 15) is 18.3 Å². The second-order valence-corrected chi connectivity index (χ2v) is 7.99. The molecule has 2 rings (SSSR count). The minimum atomic E-state index is -3.61. The summed E-state index contributed by atoms with van der Waals surface area (Å²) in [6.45, 7) is 2.91. The lowest BCUT2D eigenvalue weighted by atomic mass is 9.78. The normalized spacial score (nSPS) is 33.0. The van der Waals surface area contributed by atoms with Gasteiger partial charge in [0.25, 0.3) is 0 Å². The molecule has 2 N–H and O–H groups in total. The lowest BCUT2D eigenvalue weighted by molar-refractivity contribution is -0.145. The minimum absolute atomic E-state index is 0.367. The molecular weight excluding hydrogens is 282 g/mol. The lowest BCUT2D eigenvalue weighted by Gasteiger charge is -2.37. The maximum Gasteiger partial charge on any atom is 0.324 e. The lowest BCUT2D eigenvalue weighted by Crippen LogP contribution is -2.58. The summed E-state index contributed by atoms with van der Waals surface area (Å²) in [5.74, 6) is -0.602. The van der Waals surface area contributed by atoms with Gasteiger partial charge in [0, 0.05) is 13.2 Å². The van der Waals surface area contributed by atoms with E-state index in [1.54, 1.807) is 0 Å². The Labute approximate surface area is 119 Å². The number of ether oxygens (including phenoxy) is 1. The van der Waals surface area contributed by atoms with Crippen LogP contribution >= 0.6 is 0 Å². The predicted molar refractivity (Wildman–Crippen MR) is 73.9 cm³/mol. The van der Waals surface area contributed by atoms with Gasteiger partial charge in [0.1, 0.15) is 5.54 Å². The number of carbonyl (C=O) groups is 1. The number of hydrogen-bond donors (Lipinski definition) is 2. The van der Waals surface area contributed by atoms with E-state index in [4.69, 9.17) is 4.74 Å². The highest BCUT2D eigenvalue weighted by Gasteiger charge is 2.45. The summed E-state index contributed by atoms with van der Waals surface area (Å²) < 4.78 is 32.5. The Kier molecular flexibility index (Phi) is 4.71. The van der Waals surface area contributed by atoms with Gasteiger partial charge in [-0.3, -0.25) is 4.79 Å². The van der Waals surface area contributed by atoms with Crippen molar-refractivity contribution in [2.75, 3.05) is 13.2 Å². The summed E-state index contributed by atoms with van der Waals surface area (Å²) >= 11 is 0. The number of nitrogens with one attached hydrogen (secondary N) is 1. The van der Waals surface area contributed by atoms with Gasteiger partial charge in [-0.25, -0.2) is 8.42 Å². The molecule has 1 aliphatic heterocycles. The molecule has 0 radical (unpaired) electrons. The fourth-order valence-electron chi connectivity index (χ4n) is 2.96. The van der Waals surface area contributed by atoms with Crippen LogP contribution in [0.2, 0.25) is 0 Å². The average Bonchev–Trinajstić information content (AvgIpc) is 2.42. The van der Waals surface area contributed by atoms with Crippen molar-refractivity contribution in [3.8, 4) is 0 Å². The molecule has 0 amide bonds. The summed E-state index contributed by atoms with van der Waals surface area (Å²) in [6, 6.07) is 0. The SMILES string of the molecule is CC1CCC(NS(=O)(=O)C2CCOCC2)(C(=O)O)CC1. The monoisotopic (exact) mass is 305 g/mol. The number of sulfonamides is 1. The zero-order chi connectivity index (χ0) is 14.8. The number of rotatable bonds is 4. The van der Waals surface area contributed by atoms with Crippen molar-refractivity contribution in [3.05, 3.63) is 0 Å². The maximum absolute atomic E-state index is 12.4. The van der Waals surface area contributed by atoms with Crippen molar-refractivity contribution in [1.29, 1.82) is 0 Å². The first kappa shape index (κ1) is 15.7. The van der Waals surface area contributed by atoms with Gasteiger partial charge in [0.05, 0.1) is 5.25 Å². The Morgan fingerprint density at radius 2 is 1.75 bits per heavy atom. The van der Waals surface area contributed by atoms with Gasteiger partial charge in [-0.2, -0.15) is 4.72 Å². The molecule has 0 spiro atoms. The van der Waals surface area contributed by atoms with Crippen LogP contribution in [0.25, 0.3) is 0 Å². The van der Waals surface area contributed by atoms with Gasteiger partial charge in [-0.05, 0) is 44.4 Å². The molecule has 20 heavy (non-hydrogen) atoms. The second-order valence-electron chi connectivity index (χ2n) is 6.03. The summed E-state index contributed by atoms with van der Waals surface area (Å²) in [6.07, 6.45) is 3.08. The Morgan fingerprint density at radius 3 is 2.25 bits per heavy atom. The largest absolute Gasteiger partial charge is 0.480 e. The van der Waals surface area contributed by atoms with Crippen LogP contribution in [0.3, 0.4) is 0 Å². The van der Waals surface area contributed by atoms with Crippen LogP contribution in [0.15, 0.2) is 0 Å². The molecule has 0 atom stereocenters. The predicted octanol–water partition coefficient (Wildman–Crippen LogP) is 1.12. The molecule has 0 aromatic heterocycles. The Hall–Kier alpha value is -0.660. The van der Waals surface area contributed by atoms with Gasteiger partial charge >= 0.3 is 5.97 Å². The smallest absolute Gasteiger partial charge is 0.324 e. The van der Waals surface area contributed by atoms with Gasteiger partial charge in [-0.1, -0.05) is 6.92 Å². The van der Waals surface area contributed by atoms with Gasteiger partial charge in [-0.15, -0.1) is 0 Å². The van der Waals surface area contributed by atoms with Crippen LogP contribution in [0.4, 0.5) is 0 Å². The van der Waals surface area contributed by atoms with E-state index in [2.05, 4.69) is 11.6 Å². The zero-order valence-corrected chi connectivity index (χ0v) is 12.6. The minimum Gasteiger partial charge on any atom is -0.480 e. The Morgan fingerprint density at radius 1 is 1.20 bits per heavy atom. The summed E-state index contributed by atoms with van der Waals surface area (Å²) in [5.41, 5.74) is -1.32. The van der Waals surface area contributed by atoms with Gasteiger partial charge < -0.3 is 9.84 Å². The third kappa shape index (κ3) is 3.32. The fraction of sp³-hybridized carbons (Fsp3) is 0.923. The molecule has 0 unspecified atom stereocenters. The van der Waals surface area contributed by atoms with Crippen molar-refractivity contribution in [3.63, 3.8) is 0 Å². The maximum atomic E-state index is 12.4. The highest BCUT2D eigenvalue weighted by Crippen LogP contribution is 2.33. The number of carboxylic acids is 1. The Balaban J connectivity index is 2.13. The van der Waals surface area contributed by atoms with E-state index < -0.39 is 26.8 Å². The average molecular weight is 305 g/mol. The highest BCUT2D eigenvalue weighted by atomic mass is 32.2. The summed E-state index contributed by atoms with van der Waals surface area (Å²) in [4.78, 5) is 11.6. The van der Waals surface area contributed by atoms with E-state index in [1.807, 2.05) is 0 Å². The molecule has 1 aliphatic carbocycles. The topological polar surface area (TPSA) is 92.7 Å². The molecule has 116 valence electrons. The summed E-state index contributed by atoms with van der Waals surface area (Å²) in [5, 5.41) is 8.95. The molecule has 0 bridgehead atoms. The van der Waals surface area contributed by atoms with Crippen LogP contribution in [-0.2, 0) is 19.6 Å². The van der Waals surface area contributed by atoms with E-state index in [0.29, 0.717) is 44.8 Å². The molecule has 0 aromatic rings. The molecule has 7 heteroatoms. The molecular formula is C13H23NO5S. The van der Waals surface area contributed by atoms with Crippen LogP contribution in [0, 0.1) is 5.92 Å². The molecule has 1 heterocycles. The third-order valence-electron chi connectivity index (χ3n) is 4.48. The molecule has 1 saturated heterocycles. The fourth-order valence-corrected chi connectivity index (χ4v) is 4.77. The van der Waals surface area contributed by atoms with Gasteiger partial charge in [0.15, 0.2) is 0 Å². The molecule has 2 aliphatic rings. The first-order valence-corrected chi connectivity index (χ1v) is 8.74. The number of carboxylic acid groups (broad SMARTS) is 1. The standard InChI is InChI=1S/C13H23NO5S/c1-10-2-6-13(7-3-10,12(15)16)14-20(17,18)11-4-8-19-9-5-11/h10-11,14H,2-9H2,1H3,(H,15,16). The van der Waals surface area contributed by atoms with Crippen LogP contribution in [0.1, 0.15) is 45.4 Å². The highest BCUT2D eigenvalue weighted by molar-refractivity contribution is 7.90. The third-order valence-corrected chi connectivity index (χ3v) is 6.51. The van der Waals surface area contributed by atoms with Gasteiger partial charge in [0.2, 0.25) is 10.0 Å². The van der Waals surface area contributed by atoms with E-state index in [1.165, 1.54) is 0 Å². The molecule has 6 nitrogen and oxygen atoms in total. The van der Waals surface area contributed by atoms with Crippen molar-refractivity contribution >= 4 is 16.0 Å². The van der Waals surface area contributed by atoms with E-state index in [-0.39, 0.29) is 0 Å².